The SMILES string of the molecule is CCCNC(CCN(C)CC(C)(C)C)c1ccccc1Cl. The third-order valence-corrected chi connectivity index (χ3v) is 3.81. The molecule has 0 aliphatic heterocycles. The summed E-state index contributed by atoms with van der Waals surface area (Å²) in [4.78, 5) is 2.41. The lowest BCUT2D eigenvalue weighted by molar-refractivity contribution is 0.217. The molecule has 0 aliphatic rings. The highest BCUT2D eigenvalue weighted by molar-refractivity contribution is 6.31. The summed E-state index contributed by atoms with van der Waals surface area (Å²) in [6, 6.07) is 8.52. The highest BCUT2D eigenvalue weighted by atomic mass is 35.5. The van der Waals surface area contributed by atoms with Crippen molar-refractivity contribution in [2.24, 2.45) is 5.41 Å². The topological polar surface area (TPSA) is 15.3 Å². The summed E-state index contributed by atoms with van der Waals surface area (Å²) in [5.74, 6) is 0. The molecule has 1 aromatic carbocycles. The maximum atomic E-state index is 6.37. The van der Waals surface area contributed by atoms with Gasteiger partial charge in [-0.15, -0.1) is 0 Å². The van der Waals surface area contributed by atoms with E-state index in [0.29, 0.717) is 11.5 Å². The van der Waals surface area contributed by atoms with Crippen LogP contribution in [0.5, 0.6) is 0 Å². The van der Waals surface area contributed by atoms with Crippen molar-refractivity contribution >= 4 is 11.6 Å². The lowest BCUT2D eigenvalue weighted by Crippen LogP contribution is -2.33. The summed E-state index contributed by atoms with van der Waals surface area (Å²) in [5, 5.41) is 4.50. The van der Waals surface area contributed by atoms with Gasteiger partial charge in [0, 0.05) is 17.6 Å². The minimum Gasteiger partial charge on any atom is -0.310 e. The van der Waals surface area contributed by atoms with E-state index in [1.807, 2.05) is 12.1 Å². The quantitative estimate of drug-likeness (QED) is 0.745. The molecule has 1 atom stereocenters. The zero-order valence-corrected chi connectivity index (χ0v) is 15.0. The molecule has 2 nitrogen and oxygen atoms in total. The Morgan fingerprint density at radius 3 is 2.48 bits per heavy atom. The molecule has 0 amide bonds. The third kappa shape index (κ3) is 7.30. The fourth-order valence-corrected chi connectivity index (χ4v) is 2.95. The maximum absolute atomic E-state index is 6.37. The van der Waals surface area contributed by atoms with E-state index in [9.17, 15) is 0 Å². The second kappa shape index (κ2) is 8.77. The van der Waals surface area contributed by atoms with Crippen LogP contribution in [0.25, 0.3) is 0 Å². The molecule has 0 aliphatic carbocycles. The molecular formula is C18H31ClN2. The van der Waals surface area contributed by atoms with E-state index in [0.717, 1.165) is 37.5 Å². The van der Waals surface area contributed by atoms with E-state index in [-0.39, 0.29) is 0 Å². The predicted octanol–water partition coefficient (Wildman–Crippen LogP) is 4.75. The minimum absolute atomic E-state index is 0.334. The van der Waals surface area contributed by atoms with E-state index in [1.165, 1.54) is 5.56 Å². The second-order valence-electron chi connectivity index (χ2n) is 7.12. The number of nitrogens with zero attached hydrogens (tertiary/aromatic N) is 1. The number of nitrogens with one attached hydrogen (secondary N) is 1. The first kappa shape index (κ1) is 18.5. The number of benzene rings is 1. The number of hydrogen-bond donors (Lipinski definition) is 1. The Bertz CT molecular complexity index is 412. The van der Waals surface area contributed by atoms with Crippen molar-refractivity contribution in [1.82, 2.24) is 10.2 Å². The standard InChI is InChI=1S/C18H31ClN2/c1-6-12-20-17(15-9-7-8-10-16(15)19)11-13-21(5)14-18(2,3)4/h7-10,17,20H,6,11-14H2,1-5H3. The van der Waals surface area contributed by atoms with Crippen LogP contribution in [0, 0.1) is 5.41 Å². The molecule has 0 spiro atoms. The van der Waals surface area contributed by atoms with Crippen molar-refractivity contribution in [1.29, 1.82) is 0 Å². The molecule has 0 heterocycles. The van der Waals surface area contributed by atoms with Gasteiger partial charge in [-0.3, -0.25) is 0 Å². The van der Waals surface area contributed by atoms with Crippen molar-refractivity contribution in [2.75, 3.05) is 26.7 Å². The van der Waals surface area contributed by atoms with Gasteiger partial charge >= 0.3 is 0 Å². The highest BCUT2D eigenvalue weighted by Crippen LogP contribution is 2.25. The molecule has 3 heteroatoms. The molecule has 0 bridgehead atoms. The van der Waals surface area contributed by atoms with Gasteiger partial charge in [0.1, 0.15) is 0 Å². The molecule has 0 radical (unpaired) electrons. The largest absolute Gasteiger partial charge is 0.310 e. The summed E-state index contributed by atoms with van der Waals surface area (Å²) in [6.45, 7) is 12.3. The Morgan fingerprint density at radius 2 is 1.90 bits per heavy atom. The van der Waals surface area contributed by atoms with Gasteiger partial charge in [0.2, 0.25) is 0 Å². The first-order valence-corrected chi connectivity index (χ1v) is 8.37. The van der Waals surface area contributed by atoms with Crippen LogP contribution in [0.3, 0.4) is 0 Å². The van der Waals surface area contributed by atoms with Crippen molar-refractivity contribution in [2.45, 2.75) is 46.6 Å². The van der Waals surface area contributed by atoms with Gasteiger partial charge in [0.25, 0.3) is 0 Å². The average Bonchev–Trinajstić information content (AvgIpc) is 2.38. The van der Waals surface area contributed by atoms with Gasteiger partial charge in [0.05, 0.1) is 0 Å². The van der Waals surface area contributed by atoms with E-state index in [1.54, 1.807) is 0 Å². The van der Waals surface area contributed by atoms with Crippen molar-refractivity contribution < 1.29 is 0 Å². The third-order valence-electron chi connectivity index (χ3n) is 3.47. The van der Waals surface area contributed by atoms with Crippen LogP contribution in [0.2, 0.25) is 5.02 Å². The molecule has 0 saturated heterocycles. The first-order chi connectivity index (χ1) is 9.83. The summed E-state index contributed by atoms with van der Waals surface area (Å²) in [5.41, 5.74) is 1.56. The fourth-order valence-electron chi connectivity index (χ4n) is 2.68. The molecule has 1 rings (SSSR count). The van der Waals surface area contributed by atoms with Crippen molar-refractivity contribution in [3.05, 3.63) is 34.9 Å². The van der Waals surface area contributed by atoms with Gasteiger partial charge in [-0.05, 0) is 50.0 Å². The van der Waals surface area contributed by atoms with Crippen LogP contribution < -0.4 is 5.32 Å². The van der Waals surface area contributed by atoms with Crippen molar-refractivity contribution in [3.8, 4) is 0 Å². The summed E-state index contributed by atoms with van der Waals surface area (Å²) in [7, 11) is 2.20. The summed E-state index contributed by atoms with van der Waals surface area (Å²) >= 11 is 6.37. The van der Waals surface area contributed by atoms with E-state index >= 15 is 0 Å². The van der Waals surface area contributed by atoms with Gasteiger partial charge < -0.3 is 10.2 Å². The monoisotopic (exact) mass is 310 g/mol. The number of hydrogen-bond acceptors (Lipinski definition) is 2. The van der Waals surface area contributed by atoms with Crippen LogP contribution in [0.15, 0.2) is 24.3 Å². The van der Waals surface area contributed by atoms with Gasteiger partial charge in [-0.1, -0.05) is 57.5 Å². The lowest BCUT2D eigenvalue weighted by atomic mass is 9.96. The van der Waals surface area contributed by atoms with E-state index < -0.39 is 0 Å². The van der Waals surface area contributed by atoms with Gasteiger partial charge in [0.15, 0.2) is 0 Å². The maximum Gasteiger partial charge on any atom is 0.0453 e. The number of halogens is 1. The Labute approximate surface area is 135 Å². The molecule has 0 aromatic heterocycles. The fraction of sp³-hybridized carbons (Fsp3) is 0.667. The molecule has 1 N–H and O–H groups in total. The minimum atomic E-state index is 0.334. The molecule has 1 aromatic rings. The second-order valence-corrected chi connectivity index (χ2v) is 7.52. The highest BCUT2D eigenvalue weighted by Gasteiger charge is 2.17. The summed E-state index contributed by atoms with van der Waals surface area (Å²) in [6.07, 6.45) is 2.22. The normalized spacial score (nSPS) is 13.7. The Morgan fingerprint density at radius 1 is 1.24 bits per heavy atom. The van der Waals surface area contributed by atoms with Crippen LogP contribution in [0.4, 0.5) is 0 Å². The Hall–Kier alpha value is -0.570. The van der Waals surface area contributed by atoms with Crippen LogP contribution in [-0.4, -0.2) is 31.6 Å². The smallest absolute Gasteiger partial charge is 0.0453 e. The Kier molecular flexibility index (Phi) is 7.72. The zero-order valence-electron chi connectivity index (χ0n) is 14.2. The Balaban J connectivity index is 2.65. The molecule has 120 valence electrons. The van der Waals surface area contributed by atoms with Crippen molar-refractivity contribution in [3.63, 3.8) is 0 Å². The average molecular weight is 311 g/mol. The molecular weight excluding hydrogens is 280 g/mol. The molecule has 0 fully saturated rings. The van der Waals surface area contributed by atoms with Gasteiger partial charge in [-0.2, -0.15) is 0 Å². The van der Waals surface area contributed by atoms with E-state index in [4.69, 9.17) is 11.6 Å². The summed E-state index contributed by atoms with van der Waals surface area (Å²) < 4.78 is 0. The first-order valence-electron chi connectivity index (χ1n) is 8.00. The molecule has 1 unspecified atom stereocenters. The molecule has 21 heavy (non-hydrogen) atoms. The molecule has 0 saturated carbocycles. The predicted molar refractivity (Wildman–Crippen MR) is 94.1 cm³/mol. The van der Waals surface area contributed by atoms with Crippen LogP contribution in [-0.2, 0) is 0 Å². The van der Waals surface area contributed by atoms with Crippen LogP contribution in [0.1, 0.15) is 52.1 Å². The van der Waals surface area contributed by atoms with Gasteiger partial charge in [-0.25, -0.2) is 0 Å². The zero-order chi connectivity index (χ0) is 15.9. The number of rotatable bonds is 8. The van der Waals surface area contributed by atoms with E-state index in [2.05, 4.69) is 57.1 Å². The lowest BCUT2D eigenvalue weighted by Gasteiger charge is -2.28. The van der Waals surface area contributed by atoms with Crippen LogP contribution >= 0.6 is 11.6 Å².